The Morgan fingerprint density at radius 3 is 2.27 bits per heavy atom. The highest BCUT2D eigenvalue weighted by molar-refractivity contribution is 8.16. The number of carbonyl (C=O) groups excluding carboxylic acids is 2. The van der Waals surface area contributed by atoms with Gasteiger partial charge in [0, 0.05) is 17.8 Å². The van der Waals surface area contributed by atoms with Crippen LogP contribution < -0.4 is 5.32 Å². The second-order valence-corrected chi connectivity index (χ2v) is 9.43. The fraction of sp³-hybridized carbons (Fsp3) is 0.167. The van der Waals surface area contributed by atoms with Gasteiger partial charge in [-0.3, -0.25) is 4.79 Å². The summed E-state index contributed by atoms with van der Waals surface area (Å²) in [7, 11) is 0. The third kappa shape index (κ3) is 5.37. The Bertz CT molecular complexity index is 1370. The predicted molar refractivity (Wildman–Crippen MR) is 147 cm³/mol. The molecule has 3 aromatic carbocycles. The monoisotopic (exact) mass is 509 g/mol. The molecule has 1 atom stereocenters. The summed E-state index contributed by atoms with van der Waals surface area (Å²) in [4.78, 5) is 33.4. The normalized spacial score (nSPS) is 16.6. The van der Waals surface area contributed by atoms with E-state index in [1.54, 1.807) is 6.92 Å². The fourth-order valence-electron chi connectivity index (χ4n) is 4.46. The van der Waals surface area contributed by atoms with Gasteiger partial charge in [0.15, 0.2) is 5.17 Å². The Labute approximate surface area is 220 Å². The number of benzene rings is 3. The van der Waals surface area contributed by atoms with E-state index in [4.69, 9.17) is 9.73 Å². The number of nitrogens with one attached hydrogen (secondary N) is 1. The molecule has 5 rings (SSSR count). The summed E-state index contributed by atoms with van der Waals surface area (Å²) in [6.07, 6.45) is 0.166. The summed E-state index contributed by atoms with van der Waals surface area (Å²) in [6.45, 7) is 2.50. The Morgan fingerprint density at radius 1 is 0.946 bits per heavy atom. The van der Waals surface area contributed by atoms with Crippen molar-refractivity contribution in [2.75, 3.05) is 6.61 Å². The molecule has 2 aliphatic heterocycles. The molecule has 1 amide bonds. The van der Waals surface area contributed by atoms with Gasteiger partial charge in [-0.25, -0.2) is 9.79 Å². The first-order chi connectivity index (χ1) is 18.2. The molecule has 7 heteroatoms. The van der Waals surface area contributed by atoms with Crippen molar-refractivity contribution in [3.8, 4) is 0 Å². The van der Waals surface area contributed by atoms with Crippen LogP contribution in [-0.4, -0.2) is 28.6 Å². The van der Waals surface area contributed by atoms with Crippen molar-refractivity contribution in [3.05, 3.63) is 124 Å². The van der Waals surface area contributed by atoms with Gasteiger partial charge in [-0.15, -0.1) is 0 Å². The number of amidine groups is 1. The van der Waals surface area contributed by atoms with Crippen LogP contribution in [0.5, 0.6) is 0 Å². The summed E-state index contributed by atoms with van der Waals surface area (Å²) in [5.74, 6) is -0.512. The minimum atomic E-state index is -0.480. The van der Waals surface area contributed by atoms with Crippen LogP contribution in [0.2, 0.25) is 0 Å². The molecule has 37 heavy (non-hydrogen) atoms. The molecule has 0 unspecified atom stereocenters. The van der Waals surface area contributed by atoms with E-state index in [9.17, 15) is 9.59 Å². The molecule has 186 valence electrons. The van der Waals surface area contributed by atoms with Gasteiger partial charge in [-0.05, 0) is 23.5 Å². The minimum absolute atomic E-state index is 0.0979. The molecule has 2 heterocycles. The molecule has 2 aliphatic rings. The average Bonchev–Trinajstić information content (AvgIpc) is 3.34. The van der Waals surface area contributed by atoms with Crippen LogP contribution in [0.1, 0.15) is 36.1 Å². The highest BCUT2D eigenvalue weighted by Gasteiger charge is 2.42. The number of amides is 1. The quantitative estimate of drug-likeness (QED) is 0.396. The first kappa shape index (κ1) is 24.6. The number of esters is 1. The lowest BCUT2D eigenvalue weighted by molar-refractivity contribution is -0.139. The van der Waals surface area contributed by atoms with E-state index in [1.807, 2.05) is 101 Å². The lowest BCUT2D eigenvalue weighted by Crippen LogP contribution is -2.38. The predicted octanol–water partition coefficient (Wildman–Crippen LogP) is 5.67. The lowest BCUT2D eigenvalue weighted by Gasteiger charge is -2.36. The van der Waals surface area contributed by atoms with Gasteiger partial charge in [0.25, 0.3) is 0 Å². The van der Waals surface area contributed by atoms with E-state index in [1.165, 1.54) is 11.8 Å². The van der Waals surface area contributed by atoms with Crippen LogP contribution in [0.15, 0.2) is 113 Å². The molecular formula is C30H27N3O3S. The van der Waals surface area contributed by atoms with Crippen LogP contribution in [0.25, 0.3) is 5.70 Å². The molecule has 0 saturated heterocycles. The van der Waals surface area contributed by atoms with E-state index in [0.29, 0.717) is 17.8 Å². The number of carbonyl (C=O) groups is 2. The topological polar surface area (TPSA) is 71.0 Å². The summed E-state index contributed by atoms with van der Waals surface area (Å²) < 4.78 is 5.54. The van der Waals surface area contributed by atoms with Crippen LogP contribution in [-0.2, 0) is 20.9 Å². The number of ether oxygens (including phenoxy) is 1. The van der Waals surface area contributed by atoms with Crippen LogP contribution in [0.4, 0.5) is 0 Å². The number of hydrogen-bond donors (Lipinski definition) is 1. The smallest absolute Gasteiger partial charge is 0.338 e. The Balaban J connectivity index is 1.51. The zero-order valence-electron chi connectivity index (χ0n) is 20.5. The molecule has 6 nitrogen and oxygen atoms in total. The number of fused-ring (bicyclic) bond motifs is 1. The Kier molecular flexibility index (Phi) is 7.51. The maximum absolute atomic E-state index is 13.5. The maximum atomic E-state index is 13.5. The largest absolute Gasteiger partial charge is 0.463 e. The summed E-state index contributed by atoms with van der Waals surface area (Å²) >= 11 is 1.46. The maximum Gasteiger partial charge on any atom is 0.338 e. The molecule has 0 saturated carbocycles. The van der Waals surface area contributed by atoms with Gasteiger partial charge < -0.3 is 15.0 Å². The van der Waals surface area contributed by atoms with Crippen LogP contribution in [0.3, 0.4) is 0 Å². The third-order valence-corrected chi connectivity index (χ3v) is 7.03. The van der Waals surface area contributed by atoms with Crippen molar-refractivity contribution in [1.29, 1.82) is 0 Å². The van der Waals surface area contributed by atoms with Crippen molar-refractivity contribution < 1.29 is 14.3 Å². The number of nitrogens with zero attached hydrogens (tertiary/aromatic N) is 2. The van der Waals surface area contributed by atoms with Crippen molar-refractivity contribution in [3.63, 3.8) is 0 Å². The summed E-state index contributed by atoms with van der Waals surface area (Å²) in [6, 6.07) is 28.8. The van der Waals surface area contributed by atoms with E-state index in [0.717, 1.165) is 27.6 Å². The second kappa shape index (κ2) is 11.3. The Morgan fingerprint density at radius 2 is 1.59 bits per heavy atom. The highest BCUT2D eigenvalue weighted by Crippen LogP contribution is 2.46. The first-order valence-electron chi connectivity index (χ1n) is 12.2. The van der Waals surface area contributed by atoms with E-state index in [2.05, 4.69) is 5.32 Å². The molecular weight excluding hydrogens is 482 g/mol. The van der Waals surface area contributed by atoms with Crippen LogP contribution >= 0.6 is 11.8 Å². The van der Waals surface area contributed by atoms with Gasteiger partial charge in [0.05, 0.1) is 30.3 Å². The van der Waals surface area contributed by atoms with Gasteiger partial charge >= 0.3 is 5.97 Å². The Hall–Kier alpha value is -4.10. The number of hydrogen-bond acceptors (Lipinski definition) is 6. The molecule has 0 fully saturated rings. The molecule has 3 aromatic rings. The van der Waals surface area contributed by atoms with Crippen molar-refractivity contribution in [2.45, 2.75) is 25.9 Å². The van der Waals surface area contributed by atoms with Gasteiger partial charge in [0.2, 0.25) is 5.91 Å². The standard InChI is InChI=1S/C30H27N3O3S/c1-2-36-29(35)26-27(22-14-8-4-9-15-22)32-30-33(28(26)23-16-10-5-11-17-23)24(20-37-30)18-25(34)31-19-21-12-6-3-7-13-21/h3-17,20,28H,2,18-19H2,1H3,(H,31,34)/t28-/m0/s1. The van der Waals surface area contributed by atoms with Gasteiger partial charge in [0.1, 0.15) is 0 Å². The average molecular weight is 510 g/mol. The SMILES string of the molecule is CCOC(=O)C1=C(c2ccccc2)N=C2SC=C(CC(=O)NCc3ccccc3)N2[C@H]1c1ccccc1. The molecule has 0 aliphatic carbocycles. The second-order valence-electron chi connectivity index (χ2n) is 8.59. The third-order valence-electron chi connectivity index (χ3n) is 6.14. The first-order valence-corrected chi connectivity index (χ1v) is 13.1. The minimum Gasteiger partial charge on any atom is -0.463 e. The number of thioether (sulfide) groups is 1. The zero-order chi connectivity index (χ0) is 25.6. The summed E-state index contributed by atoms with van der Waals surface area (Å²) in [5.41, 5.74) is 4.64. The lowest BCUT2D eigenvalue weighted by atomic mass is 9.91. The van der Waals surface area contributed by atoms with Crippen molar-refractivity contribution in [2.24, 2.45) is 4.99 Å². The molecule has 1 N–H and O–H groups in total. The molecule has 0 spiro atoms. The fourth-order valence-corrected chi connectivity index (χ4v) is 5.38. The number of aliphatic imine (C=N–C) groups is 1. The summed E-state index contributed by atoms with van der Waals surface area (Å²) in [5, 5.41) is 5.69. The van der Waals surface area contributed by atoms with Crippen LogP contribution in [0, 0.1) is 0 Å². The van der Waals surface area contributed by atoms with E-state index in [-0.39, 0.29) is 18.9 Å². The molecule has 0 radical (unpaired) electrons. The number of rotatable bonds is 8. The molecule has 0 aromatic heterocycles. The van der Waals surface area contributed by atoms with Crippen molar-refractivity contribution >= 4 is 34.5 Å². The van der Waals surface area contributed by atoms with E-state index < -0.39 is 12.0 Å². The van der Waals surface area contributed by atoms with Gasteiger partial charge in [-0.1, -0.05) is 103 Å². The van der Waals surface area contributed by atoms with E-state index >= 15 is 0 Å². The van der Waals surface area contributed by atoms with Crippen molar-refractivity contribution in [1.82, 2.24) is 10.2 Å². The zero-order valence-corrected chi connectivity index (χ0v) is 21.3. The van der Waals surface area contributed by atoms with Gasteiger partial charge in [-0.2, -0.15) is 0 Å². The molecule has 0 bridgehead atoms. The highest BCUT2D eigenvalue weighted by atomic mass is 32.2.